The summed E-state index contributed by atoms with van der Waals surface area (Å²) < 4.78 is 28.9. The Labute approximate surface area is 148 Å². The number of rotatable bonds is 4. The van der Waals surface area contributed by atoms with E-state index in [4.69, 9.17) is 4.74 Å². The average molecular weight is 367 g/mol. The molecule has 3 heterocycles. The number of hydrogen-bond acceptors (Lipinski definition) is 5. The predicted octanol–water partition coefficient (Wildman–Crippen LogP) is 1.35. The number of carbonyl (C=O) groups is 1. The number of aromatic nitrogens is 1. The van der Waals surface area contributed by atoms with E-state index in [0.29, 0.717) is 32.5 Å². The lowest BCUT2D eigenvalue weighted by atomic mass is 10.1. The number of sulfone groups is 1. The third kappa shape index (κ3) is 5.40. The van der Waals surface area contributed by atoms with Crippen LogP contribution >= 0.6 is 0 Å². The van der Waals surface area contributed by atoms with Crippen molar-refractivity contribution in [1.82, 2.24) is 15.2 Å². The zero-order chi connectivity index (χ0) is 17.7. The lowest BCUT2D eigenvalue weighted by Crippen LogP contribution is -2.51. The molecule has 2 saturated heterocycles. The highest BCUT2D eigenvalue weighted by molar-refractivity contribution is 7.91. The first-order valence-corrected chi connectivity index (χ1v) is 10.6. The molecule has 1 aromatic rings. The van der Waals surface area contributed by atoms with E-state index in [2.05, 4.69) is 10.3 Å². The monoisotopic (exact) mass is 367 g/mol. The Hall–Kier alpha value is -1.67. The van der Waals surface area contributed by atoms with Crippen molar-refractivity contribution < 1.29 is 17.9 Å². The number of hydrogen-bond donors (Lipinski definition) is 1. The van der Waals surface area contributed by atoms with E-state index in [0.717, 1.165) is 18.4 Å². The van der Waals surface area contributed by atoms with Crippen molar-refractivity contribution in [3.05, 3.63) is 30.1 Å². The molecular weight excluding hydrogens is 342 g/mol. The van der Waals surface area contributed by atoms with Gasteiger partial charge < -0.3 is 15.0 Å². The summed E-state index contributed by atoms with van der Waals surface area (Å²) in [6, 6.07) is 3.69. The van der Waals surface area contributed by atoms with Gasteiger partial charge in [-0.05, 0) is 37.3 Å². The van der Waals surface area contributed by atoms with E-state index in [-0.39, 0.29) is 29.7 Å². The van der Waals surface area contributed by atoms with Crippen molar-refractivity contribution in [3.63, 3.8) is 0 Å². The van der Waals surface area contributed by atoms with Crippen LogP contribution in [0.5, 0.6) is 0 Å². The molecule has 8 heteroatoms. The molecule has 3 rings (SSSR count). The SMILES string of the molecule is O=C(NC1CCS(=O)(=O)CC1)N1CCCC(OCc2cccnc2)C1. The molecule has 2 aliphatic heterocycles. The summed E-state index contributed by atoms with van der Waals surface area (Å²) >= 11 is 0. The van der Waals surface area contributed by atoms with Crippen LogP contribution in [0.1, 0.15) is 31.2 Å². The zero-order valence-electron chi connectivity index (χ0n) is 14.3. The van der Waals surface area contributed by atoms with Gasteiger partial charge in [0.15, 0.2) is 0 Å². The summed E-state index contributed by atoms with van der Waals surface area (Å²) in [5.74, 6) is 0.323. The number of likely N-dealkylation sites (tertiary alicyclic amines) is 1. The molecule has 0 bridgehead atoms. The normalized spacial score (nSPS) is 24.0. The van der Waals surface area contributed by atoms with Crippen LogP contribution in [-0.4, -0.2) is 61.1 Å². The van der Waals surface area contributed by atoms with E-state index in [9.17, 15) is 13.2 Å². The Morgan fingerprint density at radius 1 is 1.32 bits per heavy atom. The van der Waals surface area contributed by atoms with Gasteiger partial charge >= 0.3 is 6.03 Å². The maximum atomic E-state index is 12.4. The Morgan fingerprint density at radius 2 is 2.12 bits per heavy atom. The number of carbonyl (C=O) groups excluding carboxylic acids is 1. The lowest BCUT2D eigenvalue weighted by molar-refractivity contribution is -0.000715. The second-order valence-electron chi connectivity index (χ2n) is 6.76. The molecule has 0 saturated carbocycles. The van der Waals surface area contributed by atoms with E-state index < -0.39 is 9.84 Å². The molecule has 0 aliphatic carbocycles. The number of ether oxygens (including phenoxy) is 1. The van der Waals surface area contributed by atoms with Crippen molar-refractivity contribution in [2.24, 2.45) is 0 Å². The summed E-state index contributed by atoms with van der Waals surface area (Å²) in [5, 5.41) is 2.98. The van der Waals surface area contributed by atoms with Crippen molar-refractivity contribution >= 4 is 15.9 Å². The highest BCUT2D eigenvalue weighted by atomic mass is 32.2. The van der Waals surface area contributed by atoms with Crippen LogP contribution in [0, 0.1) is 0 Å². The quantitative estimate of drug-likeness (QED) is 0.868. The number of pyridine rings is 1. The average Bonchev–Trinajstić information content (AvgIpc) is 2.63. The molecule has 2 amide bonds. The van der Waals surface area contributed by atoms with E-state index in [1.165, 1.54) is 0 Å². The zero-order valence-corrected chi connectivity index (χ0v) is 15.1. The lowest BCUT2D eigenvalue weighted by Gasteiger charge is -2.34. The van der Waals surface area contributed by atoms with Crippen molar-refractivity contribution in [2.75, 3.05) is 24.6 Å². The van der Waals surface area contributed by atoms with Crippen molar-refractivity contribution in [3.8, 4) is 0 Å². The smallest absolute Gasteiger partial charge is 0.317 e. The minimum absolute atomic E-state index is 0.0199. The second-order valence-corrected chi connectivity index (χ2v) is 9.06. The summed E-state index contributed by atoms with van der Waals surface area (Å²) in [6.07, 6.45) is 6.38. The highest BCUT2D eigenvalue weighted by Gasteiger charge is 2.28. The second kappa shape index (κ2) is 8.14. The molecule has 1 unspecified atom stereocenters. The van der Waals surface area contributed by atoms with Crippen LogP contribution in [0.3, 0.4) is 0 Å². The standard InChI is InChI=1S/C17H25N3O4S/c21-17(19-15-5-9-25(22,23)10-6-15)20-8-2-4-16(12-20)24-13-14-3-1-7-18-11-14/h1,3,7,11,15-16H,2,4-6,8-10,12-13H2,(H,19,21). The Kier molecular flexibility index (Phi) is 5.90. The fourth-order valence-corrected chi connectivity index (χ4v) is 4.75. The first kappa shape index (κ1) is 18.1. The molecule has 7 nitrogen and oxygen atoms in total. The van der Waals surface area contributed by atoms with Gasteiger partial charge in [0.25, 0.3) is 0 Å². The minimum Gasteiger partial charge on any atom is -0.372 e. The first-order valence-electron chi connectivity index (χ1n) is 8.78. The number of urea groups is 1. The third-order valence-corrected chi connectivity index (χ3v) is 6.47. The summed E-state index contributed by atoms with van der Waals surface area (Å²) in [7, 11) is -2.91. The van der Waals surface area contributed by atoms with E-state index in [1.54, 1.807) is 17.3 Å². The number of piperidine rings is 1. The topological polar surface area (TPSA) is 88.6 Å². The molecule has 2 fully saturated rings. The van der Waals surface area contributed by atoms with Gasteiger partial charge in [-0.15, -0.1) is 0 Å². The molecule has 0 spiro atoms. The molecule has 1 aromatic heterocycles. The van der Waals surface area contributed by atoms with Gasteiger partial charge in [0, 0.05) is 31.5 Å². The van der Waals surface area contributed by atoms with Crippen molar-refractivity contribution in [2.45, 2.75) is 44.4 Å². The van der Waals surface area contributed by atoms with E-state index in [1.807, 2.05) is 12.1 Å². The van der Waals surface area contributed by atoms with Gasteiger partial charge in [-0.25, -0.2) is 13.2 Å². The predicted molar refractivity (Wildman–Crippen MR) is 93.8 cm³/mol. The Bertz CT molecular complexity index is 666. The minimum atomic E-state index is -2.91. The first-order chi connectivity index (χ1) is 12.0. The maximum absolute atomic E-state index is 12.4. The number of nitrogens with zero attached hydrogens (tertiary/aromatic N) is 2. The van der Waals surface area contributed by atoms with Gasteiger partial charge in [-0.3, -0.25) is 4.98 Å². The van der Waals surface area contributed by atoms with Crippen LogP contribution in [0.15, 0.2) is 24.5 Å². The van der Waals surface area contributed by atoms with Crippen LogP contribution in [0.25, 0.3) is 0 Å². The van der Waals surface area contributed by atoms with Crippen LogP contribution in [-0.2, 0) is 21.2 Å². The molecule has 0 aromatic carbocycles. The van der Waals surface area contributed by atoms with E-state index >= 15 is 0 Å². The Morgan fingerprint density at radius 3 is 2.84 bits per heavy atom. The van der Waals surface area contributed by atoms with Gasteiger partial charge in [0.05, 0.1) is 24.2 Å². The largest absolute Gasteiger partial charge is 0.372 e. The summed E-state index contributed by atoms with van der Waals surface area (Å²) in [6.45, 7) is 1.77. The highest BCUT2D eigenvalue weighted by Crippen LogP contribution is 2.17. The van der Waals surface area contributed by atoms with Crippen molar-refractivity contribution in [1.29, 1.82) is 0 Å². The maximum Gasteiger partial charge on any atom is 0.317 e. The molecule has 1 N–H and O–H groups in total. The molecule has 25 heavy (non-hydrogen) atoms. The van der Waals surface area contributed by atoms with Gasteiger partial charge in [0.2, 0.25) is 0 Å². The fourth-order valence-electron chi connectivity index (χ4n) is 3.26. The number of amides is 2. The van der Waals surface area contributed by atoms with Gasteiger partial charge in [0.1, 0.15) is 9.84 Å². The van der Waals surface area contributed by atoms with Crippen LogP contribution in [0.4, 0.5) is 4.79 Å². The van der Waals surface area contributed by atoms with Crippen LogP contribution in [0.2, 0.25) is 0 Å². The molecular formula is C17H25N3O4S. The van der Waals surface area contributed by atoms with Gasteiger partial charge in [-0.2, -0.15) is 0 Å². The van der Waals surface area contributed by atoms with Gasteiger partial charge in [-0.1, -0.05) is 6.07 Å². The number of nitrogens with one attached hydrogen (secondary N) is 1. The Balaban J connectivity index is 1.45. The molecule has 0 radical (unpaired) electrons. The molecule has 138 valence electrons. The summed E-state index contributed by atoms with van der Waals surface area (Å²) in [4.78, 5) is 18.3. The summed E-state index contributed by atoms with van der Waals surface area (Å²) in [5.41, 5.74) is 1.02. The van der Waals surface area contributed by atoms with Crippen LogP contribution < -0.4 is 5.32 Å². The third-order valence-electron chi connectivity index (χ3n) is 4.76. The molecule has 2 aliphatic rings. The molecule has 1 atom stereocenters. The fraction of sp³-hybridized carbons (Fsp3) is 0.647.